The fourth-order valence-electron chi connectivity index (χ4n) is 3.53. The van der Waals surface area contributed by atoms with Gasteiger partial charge in [0.05, 0.1) is 5.25 Å². The Morgan fingerprint density at radius 1 is 1.04 bits per heavy atom. The summed E-state index contributed by atoms with van der Waals surface area (Å²) in [6.07, 6.45) is 4.58. The van der Waals surface area contributed by atoms with Gasteiger partial charge in [0.15, 0.2) is 11.0 Å². The lowest BCUT2D eigenvalue weighted by Crippen LogP contribution is -2.37. The molecule has 1 fully saturated rings. The fourth-order valence-corrected chi connectivity index (χ4v) is 4.41. The average Bonchev–Trinajstić information content (AvgIpc) is 3.39. The lowest BCUT2D eigenvalue weighted by molar-refractivity contribution is -0.120. The van der Waals surface area contributed by atoms with Crippen molar-refractivity contribution in [1.29, 1.82) is 0 Å². The number of amides is 1. The molecule has 1 saturated carbocycles. The van der Waals surface area contributed by atoms with Crippen molar-refractivity contribution >= 4 is 17.7 Å². The third-order valence-electron chi connectivity index (χ3n) is 5.03. The van der Waals surface area contributed by atoms with Crippen LogP contribution in [0.1, 0.15) is 32.6 Å². The highest BCUT2D eigenvalue weighted by Crippen LogP contribution is 2.30. The summed E-state index contributed by atoms with van der Waals surface area (Å²) in [6.45, 7) is 1.93. The Balaban J connectivity index is 1.61. The molecule has 0 aliphatic heterocycles. The van der Waals surface area contributed by atoms with Crippen LogP contribution < -0.4 is 5.32 Å². The standard InChI is InChI=1S/C22H24N4OS/c1-16(21(27)23-18-12-8-9-13-18)28-22-25-24-20(17-10-4-2-5-11-17)26(22)19-14-6-3-7-15-19/h2-7,10-11,14-16,18H,8-9,12-13H2,1H3,(H,23,27)/t16-/m0/s1. The Hall–Kier alpha value is -2.60. The Morgan fingerprint density at radius 3 is 2.36 bits per heavy atom. The van der Waals surface area contributed by atoms with E-state index < -0.39 is 0 Å². The summed E-state index contributed by atoms with van der Waals surface area (Å²) in [5.74, 6) is 0.846. The van der Waals surface area contributed by atoms with E-state index in [1.165, 1.54) is 24.6 Å². The molecule has 1 N–H and O–H groups in total. The number of carbonyl (C=O) groups excluding carboxylic acids is 1. The van der Waals surface area contributed by atoms with Crippen molar-refractivity contribution in [1.82, 2.24) is 20.1 Å². The zero-order valence-corrected chi connectivity index (χ0v) is 16.7. The smallest absolute Gasteiger partial charge is 0.233 e. The second-order valence-corrected chi connectivity index (χ2v) is 8.40. The molecule has 1 atom stereocenters. The van der Waals surface area contributed by atoms with E-state index in [1.807, 2.05) is 72.2 Å². The van der Waals surface area contributed by atoms with E-state index in [0.29, 0.717) is 6.04 Å². The predicted molar refractivity (Wildman–Crippen MR) is 113 cm³/mol. The normalized spacial score (nSPS) is 15.5. The first-order chi connectivity index (χ1) is 13.7. The minimum atomic E-state index is -0.240. The van der Waals surface area contributed by atoms with Gasteiger partial charge in [-0.3, -0.25) is 9.36 Å². The number of aromatic nitrogens is 3. The van der Waals surface area contributed by atoms with E-state index in [9.17, 15) is 4.79 Å². The molecule has 1 aromatic heterocycles. The average molecular weight is 393 g/mol. The zero-order chi connectivity index (χ0) is 19.3. The van der Waals surface area contributed by atoms with Crippen LogP contribution in [0.25, 0.3) is 17.1 Å². The quantitative estimate of drug-likeness (QED) is 0.629. The lowest BCUT2D eigenvalue weighted by atomic mass is 10.2. The van der Waals surface area contributed by atoms with Gasteiger partial charge in [0.1, 0.15) is 0 Å². The topological polar surface area (TPSA) is 59.8 Å². The number of hydrogen-bond acceptors (Lipinski definition) is 4. The van der Waals surface area contributed by atoms with Crippen LogP contribution in [-0.2, 0) is 4.79 Å². The van der Waals surface area contributed by atoms with Crippen molar-refractivity contribution in [2.75, 3.05) is 0 Å². The maximum atomic E-state index is 12.6. The van der Waals surface area contributed by atoms with Gasteiger partial charge in [-0.15, -0.1) is 10.2 Å². The maximum Gasteiger partial charge on any atom is 0.233 e. The van der Waals surface area contributed by atoms with Gasteiger partial charge in [-0.2, -0.15) is 0 Å². The van der Waals surface area contributed by atoms with Crippen molar-refractivity contribution in [3.63, 3.8) is 0 Å². The molecule has 4 rings (SSSR count). The summed E-state index contributed by atoms with van der Waals surface area (Å²) >= 11 is 1.45. The van der Waals surface area contributed by atoms with Crippen LogP contribution in [0.4, 0.5) is 0 Å². The van der Waals surface area contributed by atoms with Crippen molar-refractivity contribution in [3.05, 3.63) is 60.7 Å². The molecule has 0 radical (unpaired) electrons. The number of rotatable bonds is 6. The molecule has 0 bridgehead atoms. The van der Waals surface area contributed by atoms with Crippen LogP contribution in [0.15, 0.2) is 65.8 Å². The van der Waals surface area contributed by atoms with Gasteiger partial charge >= 0.3 is 0 Å². The molecule has 1 aliphatic carbocycles. The van der Waals surface area contributed by atoms with Crippen LogP contribution >= 0.6 is 11.8 Å². The van der Waals surface area contributed by atoms with Crippen LogP contribution in [0.3, 0.4) is 0 Å². The van der Waals surface area contributed by atoms with Crippen LogP contribution in [0.5, 0.6) is 0 Å². The van der Waals surface area contributed by atoms with E-state index in [-0.39, 0.29) is 11.2 Å². The molecule has 5 nitrogen and oxygen atoms in total. The second-order valence-electron chi connectivity index (χ2n) is 7.09. The third-order valence-corrected chi connectivity index (χ3v) is 6.08. The number of para-hydroxylation sites is 1. The minimum absolute atomic E-state index is 0.0702. The largest absolute Gasteiger partial charge is 0.352 e. The molecule has 1 heterocycles. The molecule has 1 aliphatic rings. The summed E-state index contributed by atoms with van der Waals surface area (Å²) in [5.41, 5.74) is 1.98. The molecule has 1 amide bonds. The van der Waals surface area contributed by atoms with Gasteiger partial charge in [0.2, 0.25) is 5.91 Å². The van der Waals surface area contributed by atoms with Gasteiger partial charge < -0.3 is 5.32 Å². The molecular weight excluding hydrogens is 368 g/mol. The lowest BCUT2D eigenvalue weighted by Gasteiger charge is -2.17. The van der Waals surface area contributed by atoms with Crippen LogP contribution in [0.2, 0.25) is 0 Å². The molecule has 0 saturated heterocycles. The van der Waals surface area contributed by atoms with Gasteiger partial charge in [-0.1, -0.05) is 73.1 Å². The highest BCUT2D eigenvalue weighted by atomic mass is 32.2. The van der Waals surface area contributed by atoms with E-state index in [0.717, 1.165) is 35.1 Å². The minimum Gasteiger partial charge on any atom is -0.352 e. The second kappa shape index (κ2) is 8.61. The Morgan fingerprint density at radius 2 is 1.68 bits per heavy atom. The van der Waals surface area contributed by atoms with Crippen molar-refractivity contribution in [3.8, 4) is 17.1 Å². The number of nitrogens with zero attached hydrogens (tertiary/aromatic N) is 3. The van der Waals surface area contributed by atoms with E-state index >= 15 is 0 Å². The first-order valence-corrected chi connectivity index (χ1v) is 10.6. The first-order valence-electron chi connectivity index (χ1n) is 9.75. The van der Waals surface area contributed by atoms with Crippen molar-refractivity contribution in [2.24, 2.45) is 0 Å². The third kappa shape index (κ3) is 4.12. The van der Waals surface area contributed by atoms with Gasteiger partial charge in [0, 0.05) is 17.3 Å². The monoisotopic (exact) mass is 392 g/mol. The van der Waals surface area contributed by atoms with Crippen LogP contribution in [-0.4, -0.2) is 32.0 Å². The highest BCUT2D eigenvalue weighted by Gasteiger charge is 2.24. The van der Waals surface area contributed by atoms with E-state index in [1.54, 1.807) is 0 Å². The maximum absolute atomic E-state index is 12.6. The van der Waals surface area contributed by atoms with Crippen LogP contribution in [0, 0.1) is 0 Å². The molecule has 28 heavy (non-hydrogen) atoms. The molecule has 144 valence electrons. The molecule has 3 aromatic rings. The summed E-state index contributed by atoms with van der Waals surface area (Å²) in [7, 11) is 0. The van der Waals surface area contributed by atoms with Gasteiger partial charge in [-0.05, 0) is 31.9 Å². The van der Waals surface area contributed by atoms with E-state index in [4.69, 9.17) is 0 Å². The summed E-state index contributed by atoms with van der Waals surface area (Å²) < 4.78 is 2.03. The fraction of sp³-hybridized carbons (Fsp3) is 0.318. The highest BCUT2D eigenvalue weighted by molar-refractivity contribution is 8.00. The summed E-state index contributed by atoms with van der Waals surface area (Å²) in [4.78, 5) is 12.6. The summed E-state index contributed by atoms with van der Waals surface area (Å²) in [6, 6.07) is 20.4. The number of nitrogens with one attached hydrogen (secondary N) is 1. The number of hydrogen-bond donors (Lipinski definition) is 1. The van der Waals surface area contributed by atoms with Gasteiger partial charge in [0.25, 0.3) is 0 Å². The molecule has 0 unspecified atom stereocenters. The molecular formula is C22H24N4OS. The van der Waals surface area contributed by atoms with Crippen molar-refractivity contribution in [2.45, 2.75) is 49.1 Å². The predicted octanol–water partition coefficient (Wildman–Crippen LogP) is 4.47. The number of carbonyl (C=O) groups is 1. The van der Waals surface area contributed by atoms with Gasteiger partial charge in [-0.25, -0.2) is 0 Å². The molecule has 0 spiro atoms. The Bertz CT molecular complexity index is 920. The Labute approximate surface area is 169 Å². The zero-order valence-electron chi connectivity index (χ0n) is 15.9. The SMILES string of the molecule is C[C@H](Sc1nnc(-c2ccccc2)n1-c1ccccc1)C(=O)NC1CCCC1. The first kappa shape index (κ1) is 18.7. The summed E-state index contributed by atoms with van der Waals surface area (Å²) in [5, 5.41) is 12.5. The number of thioether (sulfide) groups is 1. The molecule has 2 aromatic carbocycles. The number of benzene rings is 2. The van der Waals surface area contributed by atoms with Crippen molar-refractivity contribution < 1.29 is 4.79 Å². The molecule has 6 heteroatoms. The Kier molecular flexibility index (Phi) is 5.76. The van der Waals surface area contributed by atoms with E-state index in [2.05, 4.69) is 15.5 Å².